The Morgan fingerprint density at radius 3 is 1.87 bits per heavy atom. The van der Waals surface area contributed by atoms with E-state index in [2.05, 4.69) is 5.32 Å². The van der Waals surface area contributed by atoms with Gasteiger partial charge < -0.3 is 29.0 Å². The first-order valence-corrected chi connectivity index (χ1v) is 9.29. The molecule has 1 aliphatic rings. The van der Waals surface area contributed by atoms with Crippen LogP contribution < -0.4 is 5.32 Å². The van der Waals surface area contributed by atoms with Gasteiger partial charge in [-0.3, -0.25) is 19.2 Å². The van der Waals surface area contributed by atoms with Gasteiger partial charge in [0.05, 0.1) is 0 Å². The zero-order valence-corrected chi connectivity index (χ0v) is 17.2. The van der Waals surface area contributed by atoms with Crippen molar-refractivity contribution in [2.45, 2.75) is 58.3 Å². The summed E-state index contributed by atoms with van der Waals surface area (Å²) in [6.07, 6.45) is -5.51. The molecule has 1 N–H and O–H groups in total. The summed E-state index contributed by atoms with van der Waals surface area (Å²) in [5.74, 6) is -2.58. The first-order valence-electron chi connectivity index (χ1n) is 9.29. The van der Waals surface area contributed by atoms with Crippen LogP contribution >= 0.6 is 0 Å². The number of rotatable bonds is 7. The van der Waals surface area contributed by atoms with Gasteiger partial charge in [0, 0.05) is 33.4 Å². The van der Waals surface area contributed by atoms with Crippen molar-refractivity contribution in [2.24, 2.45) is 0 Å². The predicted octanol–water partition coefficient (Wildman–Crippen LogP) is 1.18. The van der Waals surface area contributed by atoms with E-state index in [0.29, 0.717) is 5.69 Å². The van der Waals surface area contributed by atoms with E-state index in [1.165, 1.54) is 27.7 Å². The van der Waals surface area contributed by atoms with Gasteiger partial charge in [-0.2, -0.15) is 0 Å². The van der Waals surface area contributed by atoms with Gasteiger partial charge in [-0.25, -0.2) is 0 Å². The molecule has 0 bridgehead atoms. The molecule has 30 heavy (non-hydrogen) atoms. The highest BCUT2D eigenvalue weighted by Crippen LogP contribution is 2.30. The van der Waals surface area contributed by atoms with E-state index in [1.807, 2.05) is 6.07 Å². The minimum absolute atomic E-state index is 0.273. The average Bonchev–Trinajstić information content (AvgIpc) is 2.64. The molecule has 1 aliphatic heterocycles. The Morgan fingerprint density at radius 1 is 0.800 bits per heavy atom. The fourth-order valence-electron chi connectivity index (χ4n) is 3.04. The van der Waals surface area contributed by atoms with E-state index in [4.69, 9.17) is 23.7 Å². The van der Waals surface area contributed by atoms with Crippen LogP contribution in [0.5, 0.6) is 0 Å². The zero-order valence-electron chi connectivity index (χ0n) is 17.2. The van der Waals surface area contributed by atoms with Crippen LogP contribution in [0.15, 0.2) is 30.3 Å². The van der Waals surface area contributed by atoms with Gasteiger partial charge in [0.1, 0.15) is 12.7 Å². The number of hydrogen-bond acceptors (Lipinski definition) is 10. The molecule has 1 saturated heterocycles. The summed E-state index contributed by atoms with van der Waals surface area (Å²) in [7, 11) is 0. The molecule has 0 unspecified atom stereocenters. The minimum atomic E-state index is -1.20. The maximum absolute atomic E-state index is 11.8. The van der Waals surface area contributed by atoms with Crippen molar-refractivity contribution in [2.75, 3.05) is 11.9 Å². The maximum Gasteiger partial charge on any atom is 0.303 e. The number of benzene rings is 1. The van der Waals surface area contributed by atoms with E-state index >= 15 is 0 Å². The highest BCUT2D eigenvalue weighted by Gasteiger charge is 2.52. The van der Waals surface area contributed by atoms with E-state index < -0.39 is 54.5 Å². The molecule has 10 heteroatoms. The van der Waals surface area contributed by atoms with E-state index in [0.717, 1.165) is 0 Å². The summed E-state index contributed by atoms with van der Waals surface area (Å²) >= 11 is 0. The SMILES string of the molecule is CC(=O)OC[C@H]1O[C@H](Nc2ccccc2)[C@H](OC(C)=O)[C@@H](OC(C)=O)[C@@H]1OC(C)=O. The molecule has 1 aromatic rings. The highest BCUT2D eigenvalue weighted by atomic mass is 16.7. The minimum Gasteiger partial charge on any atom is -0.463 e. The Kier molecular flexibility index (Phi) is 8.16. The second kappa shape index (κ2) is 10.6. The molecule has 1 fully saturated rings. The van der Waals surface area contributed by atoms with Gasteiger partial charge in [-0.05, 0) is 12.1 Å². The first kappa shape index (κ1) is 23.1. The normalized spacial score (nSPS) is 25.5. The van der Waals surface area contributed by atoms with Crippen LogP contribution in [0.25, 0.3) is 0 Å². The molecular formula is C20H25NO9. The lowest BCUT2D eigenvalue weighted by Gasteiger charge is -2.44. The van der Waals surface area contributed by atoms with Crippen molar-refractivity contribution < 1.29 is 42.9 Å². The van der Waals surface area contributed by atoms with Gasteiger partial charge in [0.2, 0.25) is 0 Å². The second-order valence-electron chi connectivity index (χ2n) is 6.63. The summed E-state index contributed by atoms with van der Waals surface area (Å²) in [5.41, 5.74) is 0.637. The lowest BCUT2D eigenvalue weighted by Crippen LogP contribution is -2.64. The van der Waals surface area contributed by atoms with Crippen molar-refractivity contribution in [3.63, 3.8) is 0 Å². The third-order valence-electron chi connectivity index (χ3n) is 4.07. The quantitative estimate of drug-likeness (QED) is 0.504. The molecule has 1 heterocycles. The molecule has 164 valence electrons. The molecule has 10 nitrogen and oxygen atoms in total. The third-order valence-corrected chi connectivity index (χ3v) is 4.07. The molecule has 5 atom stereocenters. The Balaban J connectivity index is 2.42. The van der Waals surface area contributed by atoms with Crippen molar-refractivity contribution in [3.8, 4) is 0 Å². The van der Waals surface area contributed by atoms with Gasteiger partial charge in [-0.15, -0.1) is 0 Å². The van der Waals surface area contributed by atoms with E-state index in [1.54, 1.807) is 24.3 Å². The number of esters is 4. The zero-order chi connectivity index (χ0) is 22.3. The highest BCUT2D eigenvalue weighted by molar-refractivity contribution is 5.69. The van der Waals surface area contributed by atoms with Crippen LogP contribution in [0.4, 0.5) is 5.69 Å². The fraction of sp³-hybridized carbons (Fsp3) is 0.500. The molecule has 0 spiro atoms. The first-order chi connectivity index (χ1) is 14.2. The summed E-state index contributed by atoms with van der Waals surface area (Å²) in [5, 5.41) is 3.06. The fourth-order valence-corrected chi connectivity index (χ4v) is 3.04. The monoisotopic (exact) mass is 423 g/mol. The van der Waals surface area contributed by atoms with Gasteiger partial charge in [0.15, 0.2) is 24.5 Å². The number of carbonyl (C=O) groups excluding carboxylic acids is 4. The number of ether oxygens (including phenoxy) is 5. The molecule has 0 aliphatic carbocycles. The molecule has 1 aromatic carbocycles. The number of hydrogen-bond donors (Lipinski definition) is 1. The van der Waals surface area contributed by atoms with Gasteiger partial charge in [-0.1, -0.05) is 18.2 Å². The lowest BCUT2D eigenvalue weighted by atomic mass is 9.97. The van der Waals surface area contributed by atoms with Crippen molar-refractivity contribution in [1.29, 1.82) is 0 Å². The predicted molar refractivity (Wildman–Crippen MR) is 102 cm³/mol. The molecule has 2 rings (SSSR count). The molecule has 0 aromatic heterocycles. The maximum atomic E-state index is 11.8. The Labute approximate surface area is 173 Å². The number of nitrogens with one attached hydrogen (secondary N) is 1. The van der Waals surface area contributed by atoms with E-state index in [-0.39, 0.29) is 6.61 Å². The summed E-state index contributed by atoms with van der Waals surface area (Å²) in [4.78, 5) is 46.5. The molecule has 0 saturated carbocycles. The summed E-state index contributed by atoms with van der Waals surface area (Å²) in [6, 6.07) is 8.90. The van der Waals surface area contributed by atoms with Crippen molar-refractivity contribution in [1.82, 2.24) is 0 Å². The van der Waals surface area contributed by atoms with Gasteiger partial charge >= 0.3 is 23.9 Å². The second-order valence-corrected chi connectivity index (χ2v) is 6.63. The largest absolute Gasteiger partial charge is 0.463 e. The smallest absolute Gasteiger partial charge is 0.303 e. The molecule has 0 amide bonds. The Bertz CT molecular complexity index is 767. The van der Waals surface area contributed by atoms with E-state index in [9.17, 15) is 19.2 Å². The average molecular weight is 423 g/mol. The number of anilines is 1. The summed E-state index contributed by atoms with van der Waals surface area (Å²) < 4.78 is 27.0. The van der Waals surface area contributed by atoms with Crippen LogP contribution in [0.2, 0.25) is 0 Å². The molecular weight excluding hydrogens is 398 g/mol. The van der Waals surface area contributed by atoms with Crippen molar-refractivity contribution >= 4 is 29.6 Å². The van der Waals surface area contributed by atoms with Crippen molar-refractivity contribution in [3.05, 3.63) is 30.3 Å². The number of carbonyl (C=O) groups is 4. The van der Waals surface area contributed by atoms with Crippen LogP contribution in [0, 0.1) is 0 Å². The van der Waals surface area contributed by atoms with Crippen LogP contribution in [0.1, 0.15) is 27.7 Å². The van der Waals surface area contributed by atoms with Gasteiger partial charge in [0.25, 0.3) is 0 Å². The Hall–Kier alpha value is -3.14. The topological polar surface area (TPSA) is 126 Å². The van der Waals surface area contributed by atoms with Crippen LogP contribution in [-0.4, -0.2) is 61.1 Å². The van der Waals surface area contributed by atoms with Crippen LogP contribution in [-0.2, 0) is 42.9 Å². The Morgan fingerprint density at radius 2 is 1.33 bits per heavy atom. The third kappa shape index (κ3) is 6.73. The number of para-hydroxylation sites is 1. The summed E-state index contributed by atoms with van der Waals surface area (Å²) in [6.45, 7) is 4.48. The molecule has 0 radical (unpaired) electrons. The van der Waals surface area contributed by atoms with Crippen LogP contribution in [0.3, 0.4) is 0 Å². The lowest BCUT2D eigenvalue weighted by molar-refractivity contribution is -0.247. The standard InChI is InChI=1S/C20H25NO9/c1-11(22)26-10-16-17(27-12(2)23)18(28-13(3)24)19(29-14(4)25)20(30-16)21-15-8-6-5-7-9-15/h5-9,16-21H,10H2,1-4H3/t16-,17-,18+,19-,20+/m1/s1.